The monoisotopic (exact) mass is 483 g/mol. The average Bonchev–Trinajstić information content (AvgIpc) is 3.46. The number of amides is 1. The molecule has 3 N–H and O–H groups in total. The Morgan fingerprint density at radius 1 is 1.41 bits per heavy atom. The molecule has 1 saturated heterocycles. The summed E-state index contributed by atoms with van der Waals surface area (Å²) in [6, 6.07) is 2.51. The molecule has 1 aliphatic heterocycles. The number of ether oxygens (including phenoxy) is 3. The lowest BCUT2D eigenvalue weighted by Gasteiger charge is -2.17. The number of H-pyrrole nitrogens is 1. The van der Waals surface area contributed by atoms with Gasteiger partial charge in [0.05, 0.1) is 31.0 Å². The molecule has 4 heterocycles. The van der Waals surface area contributed by atoms with Gasteiger partial charge in [0.2, 0.25) is 0 Å². The smallest absolute Gasteiger partial charge is 0.407 e. The first-order chi connectivity index (χ1) is 16.2. The van der Waals surface area contributed by atoms with Gasteiger partial charge in [0.25, 0.3) is 0 Å². The highest BCUT2D eigenvalue weighted by molar-refractivity contribution is 5.72. The zero-order chi connectivity index (χ0) is 24.3. The third kappa shape index (κ3) is 5.94. The van der Waals surface area contributed by atoms with E-state index < -0.39 is 36.9 Å². The van der Waals surface area contributed by atoms with Crippen molar-refractivity contribution in [2.75, 3.05) is 19.0 Å². The van der Waals surface area contributed by atoms with Gasteiger partial charge in [-0.1, -0.05) is 0 Å². The molecule has 0 saturated carbocycles. The predicted molar refractivity (Wildman–Crippen MR) is 112 cm³/mol. The number of carbonyl (C=O) groups excluding carboxylic acids is 1. The second kappa shape index (κ2) is 9.85. The van der Waals surface area contributed by atoms with Gasteiger partial charge in [0.1, 0.15) is 17.7 Å². The molecule has 0 bridgehead atoms. The highest BCUT2D eigenvalue weighted by atomic mass is 19.4. The van der Waals surface area contributed by atoms with Crippen LogP contribution >= 0.6 is 0 Å². The summed E-state index contributed by atoms with van der Waals surface area (Å²) in [6.07, 6.45) is -3.76. The van der Waals surface area contributed by atoms with Crippen LogP contribution < -0.4 is 10.6 Å². The van der Waals surface area contributed by atoms with Crippen molar-refractivity contribution >= 4 is 23.2 Å². The lowest BCUT2D eigenvalue weighted by atomic mass is 10.1. The van der Waals surface area contributed by atoms with E-state index in [1.54, 1.807) is 30.1 Å². The Kier molecular flexibility index (Phi) is 6.88. The maximum Gasteiger partial charge on any atom is 0.407 e. The van der Waals surface area contributed by atoms with Gasteiger partial charge in [0.15, 0.2) is 11.6 Å². The van der Waals surface area contributed by atoms with Crippen molar-refractivity contribution in [2.45, 2.75) is 50.8 Å². The van der Waals surface area contributed by atoms with E-state index in [1.165, 1.54) is 6.92 Å². The molecule has 3 aromatic rings. The molecule has 0 aliphatic carbocycles. The van der Waals surface area contributed by atoms with Crippen LogP contribution in [0.1, 0.15) is 37.3 Å². The standard InChI is InChI=1S/C20H24F3N7O4/c1-11(8-20(21,22)23)25-19(31)34-13-6-16(33-10-13)14-7-17(28-27-14)26-18-15-5-12(9-32-2)29-30(15)4-3-24-18/h3-5,7,11,13,16H,6,8-10H2,1-2H3,(H,25,31)(H2,24,26,27,28)/t11?,13-,16-/m1/s1. The van der Waals surface area contributed by atoms with Crippen LogP contribution in [0.2, 0.25) is 0 Å². The van der Waals surface area contributed by atoms with Crippen molar-refractivity contribution in [1.29, 1.82) is 0 Å². The molecule has 3 atom stereocenters. The van der Waals surface area contributed by atoms with E-state index in [4.69, 9.17) is 14.2 Å². The number of hydrogen-bond donors (Lipinski definition) is 3. The molecule has 11 nitrogen and oxygen atoms in total. The second-order valence-corrected chi connectivity index (χ2v) is 7.96. The Morgan fingerprint density at radius 3 is 3.00 bits per heavy atom. The summed E-state index contributed by atoms with van der Waals surface area (Å²) in [4.78, 5) is 16.2. The van der Waals surface area contributed by atoms with Crippen LogP contribution in [0.25, 0.3) is 5.52 Å². The van der Waals surface area contributed by atoms with Crippen molar-refractivity contribution in [2.24, 2.45) is 0 Å². The maximum atomic E-state index is 12.4. The number of carbonyl (C=O) groups is 1. The molecule has 1 amide bonds. The molecular weight excluding hydrogens is 459 g/mol. The van der Waals surface area contributed by atoms with E-state index >= 15 is 0 Å². The number of aromatic nitrogens is 5. The third-order valence-electron chi connectivity index (χ3n) is 5.06. The number of anilines is 2. The molecule has 4 rings (SSSR count). The molecule has 0 spiro atoms. The molecule has 0 aromatic carbocycles. The topological polar surface area (TPSA) is 128 Å². The van der Waals surface area contributed by atoms with Crippen LogP contribution in [0, 0.1) is 0 Å². The van der Waals surface area contributed by atoms with E-state index in [0.717, 1.165) is 11.2 Å². The number of nitrogens with zero attached hydrogens (tertiary/aromatic N) is 4. The van der Waals surface area contributed by atoms with Crippen molar-refractivity contribution in [1.82, 2.24) is 30.1 Å². The van der Waals surface area contributed by atoms with Crippen LogP contribution in [-0.4, -0.2) is 62.9 Å². The molecule has 14 heteroatoms. The van der Waals surface area contributed by atoms with Crippen molar-refractivity contribution in [3.63, 3.8) is 0 Å². The first kappa shape index (κ1) is 23.8. The largest absolute Gasteiger partial charge is 0.444 e. The minimum absolute atomic E-state index is 0.118. The Bertz CT molecular complexity index is 1130. The van der Waals surface area contributed by atoms with Gasteiger partial charge in [-0.2, -0.15) is 23.4 Å². The highest BCUT2D eigenvalue weighted by Crippen LogP contribution is 2.31. The van der Waals surface area contributed by atoms with Gasteiger partial charge in [-0.15, -0.1) is 0 Å². The summed E-state index contributed by atoms with van der Waals surface area (Å²) in [6.45, 7) is 1.75. The van der Waals surface area contributed by atoms with Crippen molar-refractivity contribution < 1.29 is 32.2 Å². The number of alkyl carbamates (subject to hydrolysis) is 1. The summed E-state index contributed by atoms with van der Waals surface area (Å²) >= 11 is 0. The normalized spacial score (nSPS) is 19.3. The van der Waals surface area contributed by atoms with E-state index in [2.05, 4.69) is 30.9 Å². The first-order valence-electron chi connectivity index (χ1n) is 10.5. The number of hydrogen-bond acceptors (Lipinski definition) is 8. The van der Waals surface area contributed by atoms with E-state index in [9.17, 15) is 18.0 Å². The SMILES string of the molecule is COCc1cc2c(Nc3cc([C@H]4C[C@@H](OC(=O)NC(C)CC(F)(F)F)CO4)[nH]n3)nccn2n1. The van der Waals surface area contributed by atoms with Gasteiger partial charge in [-0.3, -0.25) is 5.10 Å². The Balaban J connectivity index is 1.33. The lowest BCUT2D eigenvalue weighted by molar-refractivity contribution is -0.138. The lowest BCUT2D eigenvalue weighted by Crippen LogP contribution is -2.38. The molecular formula is C20H24F3N7O4. The fraction of sp³-hybridized carbons (Fsp3) is 0.500. The Hall–Kier alpha value is -3.39. The van der Waals surface area contributed by atoms with Gasteiger partial charge < -0.3 is 24.8 Å². The van der Waals surface area contributed by atoms with Crippen LogP contribution in [0.15, 0.2) is 24.5 Å². The number of aromatic amines is 1. The minimum Gasteiger partial charge on any atom is -0.444 e. The molecule has 1 aliphatic rings. The van der Waals surface area contributed by atoms with E-state index in [1.807, 2.05) is 6.07 Å². The highest BCUT2D eigenvalue weighted by Gasteiger charge is 2.33. The van der Waals surface area contributed by atoms with Gasteiger partial charge >= 0.3 is 12.3 Å². The van der Waals surface area contributed by atoms with Crippen LogP contribution in [-0.2, 0) is 20.8 Å². The molecule has 0 radical (unpaired) electrons. The summed E-state index contributed by atoms with van der Waals surface area (Å²) in [5, 5.41) is 16.8. The number of alkyl halides is 3. The van der Waals surface area contributed by atoms with Crippen molar-refractivity contribution in [3.05, 3.63) is 35.9 Å². The maximum absolute atomic E-state index is 12.4. The molecule has 184 valence electrons. The Labute approximate surface area is 192 Å². The molecule has 34 heavy (non-hydrogen) atoms. The van der Waals surface area contributed by atoms with E-state index in [0.29, 0.717) is 30.4 Å². The van der Waals surface area contributed by atoms with Crippen molar-refractivity contribution in [3.8, 4) is 0 Å². The van der Waals surface area contributed by atoms with Crippen LogP contribution in [0.4, 0.5) is 29.6 Å². The quantitative estimate of drug-likeness (QED) is 0.446. The zero-order valence-corrected chi connectivity index (χ0v) is 18.4. The number of nitrogens with one attached hydrogen (secondary N) is 3. The van der Waals surface area contributed by atoms with Crippen LogP contribution in [0.3, 0.4) is 0 Å². The molecule has 1 unspecified atom stereocenters. The summed E-state index contributed by atoms with van der Waals surface area (Å²) in [7, 11) is 1.59. The first-order valence-corrected chi connectivity index (χ1v) is 10.5. The van der Waals surface area contributed by atoms with Gasteiger partial charge in [0, 0.05) is 38.0 Å². The van der Waals surface area contributed by atoms with Gasteiger partial charge in [-0.25, -0.2) is 14.3 Å². The van der Waals surface area contributed by atoms with Crippen LogP contribution in [0.5, 0.6) is 0 Å². The predicted octanol–water partition coefficient (Wildman–Crippen LogP) is 3.24. The van der Waals surface area contributed by atoms with E-state index in [-0.39, 0.29) is 6.61 Å². The number of fused-ring (bicyclic) bond motifs is 1. The average molecular weight is 483 g/mol. The summed E-state index contributed by atoms with van der Waals surface area (Å²) in [5.74, 6) is 1.05. The second-order valence-electron chi connectivity index (χ2n) is 7.96. The molecule has 3 aromatic heterocycles. The number of halogens is 3. The molecule has 1 fully saturated rings. The fourth-order valence-electron chi connectivity index (χ4n) is 3.66. The van der Waals surface area contributed by atoms with Gasteiger partial charge in [-0.05, 0) is 13.0 Å². The number of methoxy groups -OCH3 is 1. The number of rotatable bonds is 8. The summed E-state index contributed by atoms with van der Waals surface area (Å²) in [5.41, 5.74) is 2.15. The zero-order valence-electron chi connectivity index (χ0n) is 18.4. The summed E-state index contributed by atoms with van der Waals surface area (Å²) < 4.78 is 54.9. The Morgan fingerprint density at radius 2 is 2.24 bits per heavy atom. The fourth-order valence-corrected chi connectivity index (χ4v) is 3.66. The minimum atomic E-state index is -4.37. The third-order valence-corrected chi connectivity index (χ3v) is 5.06.